The van der Waals surface area contributed by atoms with Crippen LogP contribution in [0.2, 0.25) is 0 Å². The van der Waals surface area contributed by atoms with Gasteiger partial charge in [0.15, 0.2) is 18.4 Å². The van der Waals surface area contributed by atoms with Crippen molar-refractivity contribution in [3.63, 3.8) is 0 Å². The lowest BCUT2D eigenvalue weighted by atomic mass is 9.61. The summed E-state index contributed by atoms with van der Waals surface area (Å²) in [6.07, 6.45) is 10.5. The van der Waals surface area contributed by atoms with E-state index in [1.54, 1.807) is 0 Å². The van der Waals surface area contributed by atoms with E-state index in [0.717, 1.165) is 19.3 Å². The zero-order chi connectivity index (χ0) is 39.9. The average Bonchev–Trinajstić information content (AvgIpc) is 3.64. The van der Waals surface area contributed by atoms with Crippen LogP contribution in [0.15, 0.2) is 188 Å². The highest BCUT2D eigenvalue weighted by atomic mass is 15.1. The van der Waals surface area contributed by atoms with E-state index in [1.807, 2.05) is 0 Å². The lowest BCUT2D eigenvalue weighted by Gasteiger charge is -2.42. The maximum absolute atomic E-state index is 2.67. The summed E-state index contributed by atoms with van der Waals surface area (Å²) in [4.78, 5) is 0. The minimum atomic E-state index is -0.167. The Morgan fingerprint density at radius 3 is 1.76 bits per heavy atom. The van der Waals surface area contributed by atoms with Crippen molar-refractivity contribution in [2.24, 2.45) is 0 Å². The molecule has 0 saturated heterocycles. The van der Waals surface area contributed by atoms with Crippen molar-refractivity contribution in [2.45, 2.75) is 70.4 Å². The van der Waals surface area contributed by atoms with E-state index in [0.29, 0.717) is 6.04 Å². The predicted molar refractivity (Wildman–Crippen MR) is 244 cm³/mol. The molecule has 0 amide bonds. The molecule has 2 aliphatic rings. The van der Waals surface area contributed by atoms with E-state index >= 15 is 0 Å². The van der Waals surface area contributed by atoms with Crippen LogP contribution in [0.3, 0.4) is 0 Å². The lowest BCUT2D eigenvalue weighted by Crippen LogP contribution is -2.62. The van der Waals surface area contributed by atoms with E-state index in [4.69, 9.17) is 0 Å². The highest BCUT2D eigenvalue weighted by Crippen LogP contribution is 2.56. The molecule has 0 N–H and O–H groups in total. The first-order chi connectivity index (χ1) is 29.1. The van der Waals surface area contributed by atoms with Crippen molar-refractivity contribution >= 4 is 0 Å². The van der Waals surface area contributed by atoms with Gasteiger partial charge in [0, 0.05) is 35.7 Å². The zero-order valence-corrected chi connectivity index (χ0v) is 34.5. The first kappa shape index (κ1) is 36.9. The fraction of sp³-hybridized carbons (Fsp3) is 0.193. The largest absolute Gasteiger partial charge is 0.213 e. The molecule has 6 aromatic carbocycles. The molecule has 0 spiro atoms. The summed E-state index contributed by atoms with van der Waals surface area (Å²) in [5, 5.41) is 0. The van der Waals surface area contributed by atoms with Crippen LogP contribution in [0.5, 0.6) is 0 Å². The molecular formula is C57H52N2+2. The molecule has 3 unspecified atom stereocenters. The fourth-order valence-corrected chi connectivity index (χ4v) is 10.7. The number of nitrogens with zero attached hydrogens (tertiary/aromatic N) is 2. The molecule has 0 aliphatic carbocycles. The normalized spacial score (nSPS) is 17.5. The highest BCUT2D eigenvalue weighted by Gasteiger charge is 2.62. The highest BCUT2D eigenvalue weighted by molar-refractivity contribution is 5.84. The van der Waals surface area contributed by atoms with Crippen LogP contribution in [-0.4, -0.2) is 0 Å². The number of hydrogen-bond donors (Lipinski definition) is 0. The first-order valence-electron chi connectivity index (χ1n) is 21.8. The Kier molecular flexibility index (Phi) is 9.65. The summed E-state index contributed by atoms with van der Waals surface area (Å²) in [7, 11) is 0. The molecule has 4 heterocycles. The van der Waals surface area contributed by atoms with E-state index in [1.165, 1.54) is 96.6 Å². The molecule has 2 heteroatoms. The van der Waals surface area contributed by atoms with Crippen molar-refractivity contribution in [3.8, 4) is 67.0 Å². The molecule has 8 aromatic rings. The Morgan fingerprint density at radius 2 is 1.07 bits per heavy atom. The molecular weight excluding hydrogens is 713 g/mol. The molecule has 0 bridgehead atoms. The molecule has 59 heavy (non-hydrogen) atoms. The summed E-state index contributed by atoms with van der Waals surface area (Å²) in [5.74, 6) is 0. The Bertz CT molecular complexity index is 2740. The SMILES string of the molecule is CCCCc1ccc2[n+](c1)C(CC)C(CC)(C1c3ccc(-c4cccc(-c5cc(-c6ccccc6)cc(-c6ccccc6)c5)c4)cc3-c3cccc[n+]31)c1ccccc1-2. The van der Waals surface area contributed by atoms with Crippen molar-refractivity contribution in [1.29, 1.82) is 0 Å². The number of fused-ring (bicyclic) bond motifs is 6. The maximum atomic E-state index is 2.67. The molecule has 2 nitrogen and oxygen atoms in total. The Hall–Kier alpha value is -6.38. The molecule has 0 fully saturated rings. The van der Waals surface area contributed by atoms with Gasteiger partial charge >= 0.3 is 0 Å². The van der Waals surface area contributed by atoms with Crippen LogP contribution < -0.4 is 9.13 Å². The number of unbranched alkanes of at least 4 members (excludes halogenated alkanes) is 1. The second-order valence-electron chi connectivity index (χ2n) is 16.6. The average molecular weight is 765 g/mol. The van der Waals surface area contributed by atoms with Crippen molar-refractivity contribution in [1.82, 2.24) is 0 Å². The fourth-order valence-electron chi connectivity index (χ4n) is 10.7. The molecule has 3 atom stereocenters. The quantitative estimate of drug-likeness (QED) is 0.123. The summed E-state index contributed by atoms with van der Waals surface area (Å²) < 4.78 is 5.29. The minimum Gasteiger partial charge on any atom is -0.194 e. The van der Waals surface area contributed by atoms with E-state index < -0.39 is 0 Å². The summed E-state index contributed by atoms with van der Waals surface area (Å²) in [5.41, 5.74) is 19.3. The first-order valence-corrected chi connectivity index (χ1v) is 21.8. The molecule has 288 valence electrons. The van der Waals surface area contributed by atoms with Gasteiger partial charge in [0.2, 0.25) is 17.4 Å². The van der Waals surface area contributed by atoms with Crippen LogP contribution in [0.4, 0.5) is 0 Å². The topological polar surface area (TPSA) is 7.76 Å². The van der Waals surface area contributed by atoms with Gasteiger partial charge in [0.25, 0.3) is 0 Å². The Labute approximate surface area is 350 Å². The Balaban J connectivity index is 1.10. The Morgan fingerprint density at radius 1 is 0.475 bits per heavy atom. The van der Waals surface area contributed by atoms with E-state index in [9.17, 15) is 0 Å². The third-order valence-electron chi connectivity index (χ3n) is 13.4. The molecule has 10 rings (SSSR count). The van der Waals surface area contributed by atoms with Crippen LogP contribution in [0, 0.1) is 0 Å². The monoisotopic (exact) mass is 764 g/mol. The summed E-state index contributed by atoms with van der Waals surface area (Å²) in [6.45, 7) is 7.13. The molecule has 2 aromatic heterocycles. The predicted octanol–water partition coefficient (Wildman–Crippen LogP) is 13.8. The number of pyridine rings is 2. The number of hydrogen-bond acceptors (Lipinski definition) is 0. The van der Waals surface area contributed by atoms with Gasteiger partial charge in [-0.15, -0.1) is 0 Å². The number of rotatable bonds is 10. The third kappa shape index (κ3) is 6.25. The van der Waals surface area contributed by atoms with Gasteiger partial charge in [-0.3, -0.25) is 0 Å². The van der Waals surface area contributed by atoms with Crippen LogP contribution >= 0.6 is 0 Å². The number of aryl methyl sites for hydroxylation is 1. The van der Waals surface area contributed by atoms with Crippen LogP contribution in [-0.2, 0) is 11.8 Å². The van der Waals surface area contributed by atoms with Crippen LogP contribution in [0.25, 0.3) is 67.0 Å². The maximum Gasteiger partial charge on any atom is 0.213 e. The van der Waals surface area contributed by atoms with Gasteiger partial charge in [-0.05, 0) is 118 Å². The second-order valence-corrected chi connectivity index (χ2v) is 16.6. The summed E-state index contributed by atoms with van der Waals surface area (Å²) >= 11 is 0. The third-order valence-corrected chi connectivity index (χ3v) is 13.4. The number of benzene rings is 6. The zero-order valence-electron chi connectivity index (χ0n) is 34.5. The van der Waals surface area contributed by atoms with Gasteiger partial charge in [-0.1, -0.05) is 136 Å². The van der Waals surface area contributed by atoms with Crippen molar-refractivity contribution < 1.29 is 9.13 Å². The molecule has 2 aliphatic heterocycles. The van der Waals surface area contributed by atoms with Crippen LogP contribution in [0.1, 0.15) is 75.2 Å². The van der Waals surface area contributed by atoms with Crippen molar-refractivity contribution in [2.75, 3.05) is 0 Å². The van der Waals surface area contributed by atoms with E-state index in [-0.39, 0.29) is 11.5 Å². The van der Waals surface area contributed by atoms with E-state index in [2.05, 4.69) is 218 Å². The lowest BCUT2D eigenvalue weighted by molar-refractivity contribution is -0.758. The minimum absolute atomic E-state index is 0.141. The van der Waals surface area contributed by atoms with Gasteiger partial charge in [0.1, 0.15) is 5.41 Å². The van der Waals surface area contributed by atoms with Gasteiger partial charge in [-0.25, -0.2) is 0 Å². The molecule has 0 radical (unpaired) electrons. The second kappa shape index (κ2) is 15.4. The number of aromatic nitrogens is 2. The van der Waals surface area contributed by atoms with Crippen molar-refractivity contribution in [3.05, 3.63) is 205 Å². The van der Waals surface area contributed by atoms with Gasteiger partial charge < -0.3 is 0 Å². The smallest absolute Gasteiger partial charge is 0.194 e. The van der Waals surface area contributed by atoms with Gasteiger partial charge in [-0.2, -0.15) is 9.13 Å². The standard InChI is InChI=1S/C57H52N2/c1-4-7-19-40-29-32-54-50-26-14-15-27-52(50)57(6-3,55(5-2)59(54)39-40)56-49-31-30-45(38-51(49)53-28-16-17-33-58(53)56)43-24-18-25-44(34-43)48-36-46(41-20-10-8-11-21-41)35-47(37-48)42-22-12-9-13-23-42/h8-18,20-39,55-56H,4-7,19H2,1-3H3/q+2. The molecule has 0 saturated carbocycles. The summed E-state index contributed by atoms with van der Waals surface area (Å²) in [6, 6.07) is 66.2. The van der Waals surface area contributed by atoms with Gasteiger partial charge in [0.05, 0.1) is 11.1 Å².